The van der Waals surface area contributed by atoms with Crippen LogP contribution in [-0.4, -0.2) is 28.9 Å². The highest BCUT2D eigenvalue weighted by Crippen LogP contribution is 2.02. The Kier molecular flexibility index (Phi) is 5.53. The van der Waals surface area contributed by atoms with Crippen molar-refractivity contribution in [2.45, 2.75) is 25.3 Å². The van der Waals surface area contributed by atoms with E-state index in [1.165, 1.54) is 0 Å². The van der Waals surface area contributed by atoms with E-state index in [4.69, 9.17) is 10.8 Å². The lowest BCUT2D eigenvalue weighted by atomic mass is 10.1. The van der Waals surface area contributed by atoms with E-state index in [-0.39, 0.29) is 19.3 Å². The van der Waals surface area contributed by atoms with Crippen molar-refractivity contribution < 1.29 is 19.5 Å². The predicted octanol–water partition coefficient (Wildman–Crippen LogP) is 0.0640. The molecule has 2 amide bonds. The number of rotatable bonds is 7. The molecule has 0 aliphatic rings. The first kappa shape index (κ1) is 14.7. The van der Waals surface area contributed by atoms with Crippen LogP contribution in [0.3, 0.4) is 0 Å². The molecule has 1 aromatic carbocycles. The number of hydrogen-bond donors (Lipinski definition) is 3. The zero-order valence-corrected chi connectivity index (χ0v) is 10.3. The molecular formula is C13H16N2O4. The fourth-order valence-corrected chi connectivity index (χ4v) is 1.57. The molecule has 1 aromatic rings. The number of benzene rings is 1. The molecular weight excluding hydrogens is 248 g/mol. The highest BCUT2D eigenvalue weighted by atomic mass is 16.4. The van der Waals surface area contributed by atoms with E-state index in [1.54, 1.807) is 24.3 Å². The van der Waals surface area contributed by atoms with Crippen molar-refractivity contribution in [2.24, 2.45) is 5.73 Å². The van der Waals surface area contributed by atoms with Crippen LogP contribution in [0.15, 0.2) is 30.3 Å². The van der Waals surface area contributed by atoms with Crippen molar-refractivity contribution in [3.05, 3.63) is 35.9 Å². The number of hydrogen-bond acceptors (Lipinski definition) is 3. The fraction of sp³-hybridized carbons (Fsp3) is 0.308. The van der Waals surface area contributed by atoms with Crippen LogP contribution < -0.4 is 11.1 Å². The molecule has 0 heterocycles. The molecule has 0 bridgehead atoms. The van der Waals surface area contributed by atoms with Gasteiger partial charge in [-0.1, -0.05) is 30.3 Å². The Morgan fingerprint density at radius 1 is 1.21 bits per heavy atom. The van der Waals surface area contributed by atoms with Crippen LogP contribution in [0.2, 0.25) is 0 Å². The highest BCUT2D eigenvalue weighted by Gasteiger charge is 2.20. The summed E-state index contributed by atoms with van der Waals surface area (Å²) < 4.78 is 0. The van der Waals surface area contributed by atoms with E-state index in [9.17, 15) is 14.4 Å². The number of carbonyl (C=O) groups is 3. The topological polar surface area (TPSA) is 109 Å². The Balaban J connectivity index is 2.52. The molecule has 4 N–H and O–H groups in total. The summed E-state index contributed by atoms with van der Waals surface area (Å²) in [5, 5.41) is 11.3. The molecule has 19 heavy (non-hydrogen) atoms. The number of carboxylic acid groups (broad SMARTS) is 1. The molecule has 0 aromatic heterocycles. The second-order valence-electron chi connectivity index (χ2n) is 4.13. The Morgan fingerprint density at radius 2 is 1.84 bits per heavy atom. The van der Waals surface area contributed by atoms with Crippen molar-refractivity contribution in [1.29, 1.82) is 0 Å². The number of amides is 2. The summed E-state index contributed by atoms with van der Waals surface area (Å²) in [6.07, 6.45) is 0.00890. The Hall–Kier alpha value is -2.37. The third kappa shape index (κ3) is 5.67. The van der Waals surface area contributed by atoms with Gasteiger partial charge in [-0.05, 0) is 12.0 Å². The summed E-state index contributed by atoms with van der Waals surface area (Å²) in [7, 11) is 0. The lowest BCUT2D eigenvalue weighted by Gasteiger charge is -2.13. The second kappa shape index (κ2) is 7.15. The van der Waals surface area contributed by atoms with Gasteiger partial charge in [-0.15, -0.1) is 0 Å². The number of carbonyl (C=O) groups excluding carboxylic acids is 2. The lowest BCUT2D eigenvalue weighted by molar-refractivity contribution is -0.142. The van der Waals surface area contributed by atoms with Crippen molar-refractivity contribution in [3.8, 4) is 0 Å². The van der Waals surface area contributed by atoms with Crippen molar-refractivity contribution in [3.63, 3.8) is 0 Å². The standard InChI is InChI=1S/C13H16N2O4/c14-11(16)7-6-10(13(18)19)15-12(17)8-9-4-2-1-3-5-9/h1-5,10H,6-8H2,(H2,14,16)(H,15,17)(H,18,19). The molecule has 1 unspecified atom stereocenters. The van der Waals surface area contributed by atoms with Gasteiger partial charge in [-0.2, -0.15) is 0 Å². The molecule has 0 saturated heterocycles. The summed E-state index contributed by atoms with van der Waals surface area (Å²) in [4.78, 5) is 33.2. The Morgan fingerprint density at radius 3 is 2.37 bits per heavy atom. The number of carboxylic acids is 1. The first-order chi connectivity index (χ1) is 8.99. The first-order valence-electron chi connectivity index (χ1n) is 5.83. The van der Waals surface area contributed by atoms with Crippen molar-refractivity contribution in [2.75, 3.05) is 0 Å². The Bertz CT molecular complexity index is 459. The molecule has 0 saturated carbocycles. The summed E-state index contributed by atoms with van der Waals surface area (Å²) in [5.41, 5.74) is 5.74. The minimum absolute atomic E-state index is 0.00873. The molecule has 102 valence electrons. The molecule has 1 rings (SSSR count). The van der Waals surface area contributed by atoms with Crippen LogP contribution in [0.25, 0.3) is 0 Å². The molecule has 0 radical (unpaired) electrons. The highest BCUT2D eigenvalue weighted by molar-refractivity contribution is 5.85. The monoisotopic (exact) mass is 264 g/mol. The maximum atomic E-state index is 11.7. The van der Waals surface area contributed by atoms with Gasteiger partial charge >= 0.3 is 5.97 Å². The van der Waals surface area contributed by atoms with Gasteiger partial charge in [0.1, 0.15) is 6.04 Å². The SMILES string of the molecule is NC(=O)CCC(NC(=O)Cc1ccccc1)C(=O)O. The molecule has 1 atom stereocenters. The minimum atomic E-state index is -1.18. The largest absolute Gasteiger partial charge is 0.480 e. The maximum absolute atomic E-state index is 11.7. The van der Waals surface area contributed by atoms with Gasteiger partial charge in [0.25, 0.3) is 0 Å². The van der Waals surface area contributed by atoms with E-state index < -0.39 is 23.8 Å². The number of nitrogens with two attached hydrogens (primary N) is 1. The van der Waals surface area contributed by atoms with Crippen molar-refractivity contribution in [1.82, 2.24) is 5.32 Å². The predicted molar refractivity (Wildman–Crippen MR) is 68.1 cm³/mol. The first-order valence-corrected chi connectivity index (χ1v) is 5.83. The summed E-state index contributed by atoms with van der Waals surface area (Å²) >= 11 is 0. The molecule has 0 aliphatic heterocycles. The normalized spacial score (nSPS) is 11.6. The van der Waals surface area contributed by atoms with E-state index in [0.717, 1.165) is 5.56 Å². The van der Waals surface area contributed by atoms with Crippen LogP contribution in [0.5, 0.6) is 0 Å². The van der Waals surface area contributed by atoms with E-state index >= 15 is 0 Å². The third-order valence-electron chi connectivity index (χ3n) is 2.52. The van der Waals surface area contributed by atoms with Gasteiger partial charge in [0, 0.05) is 6.42 Å². The molecule has 0 fully saturated rings. The van der Waals surface area contributed by atoms with E-state index in [1.807, 2.05) is 6.07 Å². The quantitative estimate of drug-likeness (QED) is 0.647. The summed E-state index contributed by atoms with van der Waals surface area (Å²) in [5.74, 6) is -2.17. The van der Waals surface area contributed by atoms with Gasteiger partial charge < -0.3 is 16.2 Å². The van der Waals surface area contributed by atoms with Gasteiger partial charge in [0.05, 0.1) is 6.42 Å². The zero-order valence-electron chi connectivity index (χ0n) is 10.3. The van der Waals surface area contributed by atoms with Crippen LogP contribution >= 0.6 is 0 Å². The molecule has 6 nitrogen and oxygen atoms in total. The summed E-state index contributed by atoms with van der Waals surface area (Å²) in [6, 6.07) is 7.88. The smallest absolute Gasteiger partial charge is 0.326 e. The van der Waals surface area contributed by atoms with E-state index in [0.29, 0.717) is 0 Å². The number of nitrogens with one attached hydrogen (secondary N) is 1. The van der Waals surface area contributed by atoms with Crippen LogP contribution in [0.1, 0.15) is 18.4 Å². The average molecular weight is 264 g/mol. The Labute approximate surface area is 110 Å². The average Bonchev–Trinajstić information content (AvgIpc) is 2.35. The van der Waals surface area contributed by atoms with Gasteiger partial charge in [0.15, 0.2) is 0 Å². The van der Waals surface area contributed by atoms with Crippen LogP contribution in [-0.2, 0) is 20.8 Å². The van der Waals surface area contributed by atoms with Crippen LogP contribution in [0.4, 0.5) is 0 Å². The van der Waals surface area contributed by atoms with Gasteiger partial charge in [0.2, 0.25) is 11.8 Å². The van der Waals surface area contributed by atoms with Crippen molar-refractivity contribution >= 4 is 17.8 Å². The minimum Gasteiger partial charge on any atom is -0.480 e. The summed E-state index contributed by atoms with van der Waals surface area (Å²) in [6.45, 7) is 0. The molecule has 0 aliphatic carbocycles. The van der Waals surface area contributed by atoms with Gasteiger partial charge in [-0.3, -0.25) is 9.59 Å². The maximum Gasteiger partial charge on any atom is 0.326 e. The number of primary amides is 1. The fourth-order valence-electron chi connectivity index (χ4n) is 1.57. The number of aliphatic carboxylic acids is 1. The van der Waals surface area contributed by atoms with Gasteiger partial charge in [-0.25, -0.2) is 4.79 Å². The molecule has 0 spiro atoms. The van der Waals surface area contributed by atoms with E-state index in [2.05, 4.69) is 5.32 Å². The van der Waals surface area contributed by atoms with Crippen LogP contribution in [0, 0.1) is 0 Å². The second-order valence-corrected chi connectivity index (χ2v) is 4.13. The third-order valence-corrected chi connectivity index (χ3v) is 2.52. The molecule has 6 heteroatoms. The lowest BCUT2D eigenvalue weighted by Crippen LogP contribution is -2.42. The zero-order chi connectivity index (χ0) is 14.3.